The van der Waals surface area contributed by atoms with Gasteiger partial charge < -0.3 is 10.1 Å². The molecule has 106 valence electrons. The molecule has 1 atom stereocenters. The molecule has 2 rings (SSSR count). The zero-order chi connectivity index (χ0) is 13.2. The van der Waals surface area contributed by atoms with E-state index in [0.717, 1.165) is 32.2 Å². The molecule has 1 heterocycles. The van der Waals surface area contributed by atoms with Crippen molar-refractivity contribution in [3.05, 3.63) is 0 Å². The van der Waals surface area contributed by atoms with Gasteiger partial charge in [-0.2, -0.15) is 0 Å². The third-order valence-electron chi connectivity index (χ3n) is 4.87. The van der Waals surface area contributed by atoms with Gasteiger partial charge in [0, 0.05) is 32.2 Å². The first-order chi connectivity index (χ1) is 8.53. The third kappa shape index (κ3) is 3.46. The molecule has 0 aromatic carbocycles. The monoisotopic (exact) mass is 254 g/mol. The number of ether oxygens (including phenoxy) is 1. The summed E-state index contributed by atoms with van der Waals surface area (Å²) >= 11 is 0. The van der Waals surface area contributed by atoms with Crippen molar-refractivity contribution in [2.75, 3.05) is 32.8 Å². The molecule has 0 spiro atoms. The molecule has 1 N–H and O–H groups in total. The lowest BCUT2D eigenvalue weighted by molar-refractivity contribution is -0.0376. The topological polar surface area (TPSA) is 24.5 Å². The van der Waals surface area contributed by atoms with Crippen LogP contribution in [0.2, 0.25) is 0 Å². The number of morpholine rings is 1. The van der Waals surface area contributed by atoms with Crippen LogP contribution in [0.1, 0.15) is 40.5 Å². The highest BCUT2D eigenvalue weighted by atomic mass is 16.5. The Morgan fingerprint density at radius 1 is 1.28 bits per heavy atom. The predicted molar refractivity (Wildman–Crippen MR) is 75.8 cm³/mol. The number of hydrogen-bond donors (Lipinski definition) is 1. The summed E-state index contributed by atoms with van der Waals surface area (Å²) in [6.07, 6.45) is 3.19. The maximum Gasteiger partial charge on any atom is 0.0826 e. The molecular weight excluding hydrogens is 224 g/mol. The van der Waals surface area contributed by atoms with E-state index in [0.29, 0.717) is 17.6 Å². The highest BCUT2D eigenvalue weighted by molar-refractivity contribution is 4.97. The summed E-state index contributed by atoms with van der Waals surface area (Å²) in [4.78, 5) is 2.52. The molecule has 0 radical (unpaired) electrons. The summed E-state index contributed by atoms with van der Waals surface area (Å²) in [7, 11) is 0. The van der Waals surface area contributed by atoms with Crippen molar-refractivity contribution in [1.82, 2.24) is 10.2 Å². The Labute approximate surface area is 112 Å². The Morgan fingerprint density at radius 3 is 2.56 bits per heavy atom. The van der Waals surface area contributed by atoms with E-state index in [9.17, 15) is 0 Å². The summed E-state index contributed by atoms with van der Waals surface area (Å²) in [6, 6.07) is 0.641. The number of hydrogen-bond acceptors (Lipinski definition) is 3. The number of nitrogens with one attached hydrogen (secondary N) is 1. The van der Waals surface area contributed by atoms with Crippen molar-refractivity contribution in [2.45, 2.75) is 52.7 Å². The molecule has 0 bridgehead atoms. The van der Waals surface area contributed by atoms with E-state index >= 15 is 0 Å². The van der Waals surface area contributed by atoms with Crippen molar-refractivity contribution in [3.63, 3.8) is 0 Å². The molecule has 0 amide bonds. The fourth-order valence-electron chi connectivity index (χ4n) is 2.94. The molecule has 2 fully saturated rings. The van der Waals surface area contributed by atoms with Crippen LogP contribution in [-0.4, -0.2) is 49.8 Å². The third-order valence-corrected chi connectivity index (χ3v) is 4.87. The molecule has 1 saturated heterocycles. The van der Waals surface area contributed by atoms with Gasteiger partial charge in [0.15, 0.2) is 0 Å². The van der Waals surface area contributed by atoms with E-state index in [2.05, 4.69) is 37.9 Å². The van der Waals surface area contributed by atoms with E-state index in [1.165, 1.54) is 19.4 Å². The van der Waals surface area contributed by atoms with Crippen molar-refractivity contribution >= 4 is 0 Å². The maximum absolute atomic E-state index is 5.85. The molecule has 0 aromatic heterocycles. The summed E-state index contributed by atoms with van der Waals surface area (Å²) < 4.78 is 5.85. The molecule has 1 saturated carbocycles. The average Bonchev–Trinajstić information content (AvgIpc) is 3.10. The zero-order valence-electron chi connectivity index (χ0n) is 12.5. The van der Waals surface area contributed by atoms with Crippen molar-refractivity contribution in [1.29, 1.82) is 0 Å². The molecular formula is C15H30N2O. The highest BCUT2D eigenvalue weighted by Crippen LogP contribution is 2.51. The van der Waals surface area contributed by atoms with Crippen molar-refractivity contribution in [2.24, 2.45) is 11.3 Å². The Hall–Kier alpha value is -0.120. The lowest BCUT2D eigenvalue weighted by Gasteiger charge is -2.36. The Bertz CT molecular complexity index is 261. The molecule has 0 aromatic rings. The number of rotatable bonds is 6. The van der Waals surface area contributed by atoms with E-state index in [1.807, 2.05) is 0 Å². The largest absolute Gasteiger partial charge is 0.374 e. The summed E-state index contributed by atoms with van der Waals surface area (Å²) in [6.45, 7) is 14.5. The quantitative estimate of drug-likeness (QED) is 0.786. The first kappa shape index (κ1) is 14.3. The minimum absolute atomic E-state index is 0.379. The average molecular weight is 254 g/mol. The van der Waals surface area contributed by atoms with E-state index in [-0.39, 0.29) is 0 Å². The van der Waals surface area contributed by atoms with Gasteiger partial charge in [0.2, 0.25) is 0 Å². The SMILES string of the molecule is CC(C)N1CCOC(CNCC2(C(C)C)CC2)C1. The van der Waals surface area contributed by atoms with Gasteiger partial charge in [-0.25, -0.2) is 0 Å². The van der Waals surface area contributed by atoms with Gasteiger partial charge in [0.1, 0.15) is 0 Å². The summed E-state index contributed by atoms with van der Waals surface area (Å²) in [5.41, 5.74) is 0.604. The van der Waals surface area contributed by atoms with E-state index in [1.54, 1.807) is 0 Å². The second-order valence-corrected chi connectivity index (χ2v) is 6.73. The van der Waals surface area contributed by atoms with Crippen LogP contribution < -0.4 is 5.32 Å². The molecule has 2 aliphatic rings. The van der Waals surface area contributed by atoms with E-state index in [4.69, 9.17) is 4.74 Å². The van der Waals surface area contributed by atoms with Crippen LogP contribution in [0.5, 0.6) is 0 Å². The molecule has 1 aliphatic heterocycles. The number of nitrogens with zero attached hydrogens (tertiary/aromatic N) is 1. The lowest BCUT2D eigenvalue weighted by atomic mass is 9.92. The summed E-state index contributed by atoms with van der Waals surface area (Å²) in [5, 5.41) is 3.65. The Balaban J connectivity index is 1.67. The van der Waals surface area contributed by atoms with Gasteiger partial charge in [0.05, 0.1) is 12.7 Å². The van der Waals surface area contributed by atoms with Gasteiger partial charge in [0.25, 0.3) is 0 Å². The van der Waals surface area contributed by atoms with Crippen molar-refractivity contribution in [3.8, 4) is 0 Å². The van der Waals surface area contributed by atoms with Crippen LogP contribution >= 0.6 is 0 Å². The van der Waals surface area contributed by atoms with Gasteiger partial charge in [-0.15, -0.1) is 0 Å². The molecule has 3 heteroatoms. The zero-order valence-corrected chi connectivity index (χ0v) is 12.5. The maximum atomic E-state index is 5.85. The van der Waals surface area contributed by atoms with Gasteiger partial charge >= 0.3 is 0 Å². The Kier molecular flexibility index (Phi) is 4.68. The van der Waals surface area contributed by atoms with Crippen LogP contribution in [0.25, 0.3) is 0 Å². The van der Waals surface area contributed by atoms with Crippen LogP contribution in [-0.2, 0) is 4.74 Å². The van der Waals surface area contributed by atoms with Gasteiger partial charge in [-0.1, -0.05) is 13.8 Å². The predicted octanol–water partition coefficient (Wildman–Crippen LogP) is 2.12. The molecule has 3 nitrogen and oxygen atoms in total. The molecule has 1 aliphatic carbocycles. The second kappa shape index (κ2) is 5.89. The first-order valence-corrected chi connectivity index (χ1v) is 7.60. The van der Waals surface area contributed by atoms with Crippen LogP contribution in [0.15, 0.2) is 0 Å². The summed E-state index contributed by atoms with van der Waals surface area (Å²) in [5.74, 6) is 0.810. The fourth-order valence-corrected chi connectivity index (χ4v) is 2.94. The standard InChI is InChI=1S/C15H30N2O/c1-12(2)15(5-6-15)11-16-9-14-10-17(13(3)4)7-8-18-14/h12-14,16H,5-11H2,1-4H3. The second-order valence-electron chi connectivity index (χ2n) is 6.73. The molecule has 1 unspecified atom stereocenters. The smallest absolute Gasteiger partial charge is 0.0826 e. The fraction of sp³-hybridized carbons (Fsp3) is 1.00. The first-order valence-electron chi connectivity index (χ1n) is 7.60. The highest BCUT2D eigenvalue weighted by Gasteiger charge is 2.44. The van der Waals surface area contributed by atoms with Crippen LogP contribution in [0.3, 0.4) is 0 Å². The lowest BCUT2D eigenvalue weighted by Crippen LogP contribution is -2.49. The van der Waals surface area contributed by atoms with E-state index < -0.39 is 0 Å². The Morgan fingerprint density at radius 2 is 2.00 bits per heavy atom. The van der Waals surface area contributed by atoms with Gasteiger partial charge in [-0.3, -0.25) is 4.90 Å². The van der Waals surface area contributed by atoms with Gasteiger partial charge in [-0.05, 0) is 38.0 Å². The van der Waals surface area contributed by atoms with Crippen molar-refractivity contribution < 1.29 is 4.74 Å². The normalized spacial score (nSPS) is 28.0. The minimum atomic E-state index is 0.379. The van der Waals surface area contributed by atoms with Crippen LogP contribution in [0.4, 0.5) is 0 Å². The minimum Gasteiger partial charge on any atom is -0.374 e. The van der Waals surface area contributed by atoms with Crippen LogP contribution in [0, 0.1) is 11.3 Å². The molecule has 18 heavy (non-hydrogen) atoms.